The molecule has 1 unspecified atom stereocenters. The lowest BCUT2D eigenvalue weighted by molar-refractivity contribution is -0.136. The molecule has 5 amide bonds. The molecule has 0 bridgehead atoms. The van der Waals surface area contributed by atoms with Crippen LogP contribution in [-0.2, 0) is 9.59 Å². The zero-order chi connectivity index (χ0) is 41.7. The number of carbonyl (C=O) groups excluding carboxylic acids is 5. The Morgan fingerprint density at radius 3 is 2.27 bits per heavy atom. The second-order valence-electron chi connectivity index (χ2n) is 17.0. The molecule has 1 spiro atoms. The van der Waals surface area contributed by atoms with Crippen molar-refractivity contribution < 1.29 is 33.1 Å². The molecule has 6 heterocycles. The Hall–Kier alpha value is -5.66. The smallest absolute Gasteiger partial charge is 0.271 e. The number of hydrogen-bond donors (Lipinski definition) is 2. The predicted molar refractivity (Wildman–Crippen MR) is 216 cm³/mol. The van der Waals surface area contributed by atoms with E-state index in [0.29, 0.717) is 35.5 Å². The monoisotopic (exact) mass is 837 g/mol. The number of nitriles is 1. The van der Waals surface area contributed by atoms with Gasteiger partial charge in [0.05, 0.1) is 45.9 Å². The van der Waals surface area contributed by atoms with Crippen molar-refractivity contribution in [1.82, 2.24) is 30.4 Å². The van der Waals surface area contributed by atoms with E-state index in [1.54, 1.807) is 30.6 Å². The lowest BCUT2D eigenvalue weighted by Gasteiger charge is -2.55. The number of rotatable bonds is 8. The molecule has 1 aromatic heterocycles. The Morgan fingerprint density at radius 1 is 0.900 bits per heavy atom. The molecule has 15 nitrogen and oxygen atoms in total. The van der Waals surface area contributed by atoms with Crippen LogP contribution in [0.25, 0.3) is 0 Å². The van der Waals surface area contributed by atoms with Crippen LogP contribution in [0.1, 0.15) is 101 Å². The third-order valence-corrected chi connectivity index (χ3v) is 13.6. The van der Waals surface area contributed by atoms with E-state index in [-0.39, 0.29) is 58.8 Å². The number of piperidine rings is 3. The zero-order valence-corrected chi connectivity index (χ0v) is 33.8. The summed E-state index contributed by atoms with van der Waals surface area (Å²) in [6.07, 6.45) is 10.2. The number of fused-ring (bicyclic) bond motifs is 1. The van der Waals surface area contributed by atoms with Crippen LogP contribution >= 0.6 is 11.6 Å². The number of ether oxygens (including phenoxy) is 1. The summed E-state index contributed by atoms with van der Waals surface area (Å²) in [7, 11) is 0. The van der Waals surface area contributed by atoms with Gasteiger partial charge < -0.3 is 24.8 Å². The first-order valence-electron chi connectivity index (χ1n) is 20.8. The van der Waals surface area contributed by atoms with Gasteiger partial charge in [-0.15, -0.1) is 0 Å². The SMILES string of the molecule is N#Cc1ccc(OC2CCC(NC(=O)c3cnc(N4CC5(CCN(C6CCN(c7cc8c(cc7F)C(=O)N(C7CCC(=O)NC7=O)C8=O)CC6)CC5)C4)cn3)CC2)cc1Cl. The number of amides is 5. The van der Waals surface area contributed by atoms with Gasteiger partial charge in [-0.25, -0.2) is 14.4 Å². The van der Waals surface area contributed by atoms with Crippen LogP contribution < -0.4 is 25.2 Å². The van der Waals surface area contributed by atoms with E-state index in [1.165, 1.54) is 6.07 Å². The molecule has 1 atom stereocenters. The summed E-state index contributed by atoms with van der Waals surface area (Å²) >= 11 is 6.15. The van der Waals surface area contributed by atoms with E-state index in [4.69, 9.17) is 21.6 Å². The number of anilines is 2. The summed E-state index contributed by atoms with van der Waals surface area (Å²) in [5.74, 6) is -1.93. The number of nitrogens with zero attached hydrogens (tertiary/aromatic N) is 7. The van der Waals surface area contributed by atoms with Crippen molar-refractivity contribution in [2.24, 2.45) is 5.41 Å². The first-order valence-corrected chi connectivity index (χ1v) is 21.1. The largest absolute Gasteiger partial charge is 0.490 e. The van der Waals surface area contributed by atoms with Gasteiger partial charge in [-0.3, -0.25) is 34.2 Å². The summed E-state index contributed by atoms with van der Waals surface area (Å²) in [5.41, 5.74) is 1.21. The van der Waals surface area contributed by atoms with Gasteiger partial charge in [-0.2, -0.15) is 5.26 Å². The minimum absolute atomic E-state index is 0.0102. The van der Waals surface area contributed by atoms with Crippen LogP contribution in [0, 0.1) is 22.6 Å². The summed E-state index contributed by atoms with van der Waals surface area (Å²) in [4.78, 5) is 80.2. The molecule has 5 fully saturated rings. The molecular weight excluding hydrogens is 793 g/mol. The number of imide groups is 2. The van der Waals surface area contributed by atoms with Crippen LogP contribution in [0.4, 0.5) is 15.9 Å². The molecule has 1 saturated carbocycles. The fraction of sp³-hybridized carbons (Fsp3) is 0.488. The van der Waals surface area contributed by atoms with Crippen LogP contribution in [0.15, 0.2) is 42.7 Å². The number of likely N-dealkylation sites (tertiary alicyclic amines) is 1. The fourth-order valence-corrected chi connectivity index (χ4v) is 10.0. The van der Waals surface area contributed by atoms with E-state index < -0.39 is 35.5 Å². The van der Waals surface area contributed by atoms with Gasteiger partial charge in [0.25, 0.3) is 17.7 Å². The summed E-state index contributed by atoms with van der Waals surface area (Å²) in [5, 5.41) is 14.7. The van der Waals surface area contributed by atoms with Gasteiger partial charge in [0.2, 0.25) is 11.8 Å². The fourth-order valence-electron chi connectivity index (χ4n) is 9.84. The molecule has 4 saturated heterocycles. The molecule has 5 aliphatic heterocycles. The van der Waals surface area contributed by atoms with Gasteiger partial charge in [0.15, 0.2) is 0 Å². The van der Waals surface area contributed by atoms with E-state index in [1.807, 2.05) is 11.0 Å². The van der Waals surface area contributed by atoms with Crippen molar-refractivity contribution >= 4 is 52.6 Å². The van der Waals surface area contributed by atoms with Crippen molar-refractivity contribution in [1.29, 1.82) is 5.26 Å². The van der Waals surface area contributed by atoms with Crippen molar-refractivity contribution in [3.05, 3.63) is 75.9 Å². The Balaban J connectivity index is 0.709. The lowest BCUT2D eigenvalue weighted by Crippen LogP contribution is -2.62. The molecule has 2 N–H and O–H groups in total. The van der Waals surface area contributed by atoms with Gasteiger partial charge in [-0.05, 0) is 95.1 Å². The van der Waals surface area contributed by atoms with Crippen LogP contribution in [-0.4, -0.2) is 113 Å². The third-order valence-electron chi connectivity index (χ3n) is 13.3. The maximum atomic E-state index is 15.5. The number of hydrogen-bond acceptors (Lipinski definition) is 12. The van der Waals surface area contributed by atoms with Crippen LogP contribution in [0.2, 0.25) is 5.02 Å². The van der Waals surface area contributed by atoms with Crippen molar-refractivity contribution in [2.45, 2.75) is 88.4 Å². The van der Waals surface area contributed by atoms with Gasteiger partial charge >= 0.3 is 0 Å². The molecule has 6 aliphatic rings. The zero-order valence-electron chi connectivity index (χ0n) is 33.0. The quantitative estimate of drug-likeness (QED) is 0.309. The number of carbonyl (C=O) groups is 5. The van der Waals surface area contributed by atoms with E-state index >= 15 is 4.39 Å². The molecule has 1 aliphatic carbocycles. The molecular formula is C43H45ClFN9O6. The maximum Gasteiger partial charge on any atom is 0.271 e. The highest BCUT2D eigenvalue weighted by Gasteiger charge is 2.47. The van der Waals surface area contributed by atoms with E-state index in [0.717, 1.165) is 94.3 Å². The second-order valence-corrected chi connectivity index (χ2v) is 17.4. The first-order chi connectivity index (χ1) is 29.0. The number of nitrogens with one attached hydrogen (secondary N) is 2. The second kappa shape index (κ2) is 16.1. The molecule has 3 aromatic rings. The standard InChI is InChI=1S/C43H45ClFN9O6/c44-32-17-29(4-1-25(32)20-46)60-28-5-2-26(3-6-28)49-39(56)34-21-48-37(22-47-34)53-23-43(24-53)11-15-51(16-12-43)27-9-13-52(14-10-27)36-19-31-30(18-33(36)45)41(58)54(42(31)59)35-7-8-38(55)50-40(35)57/h1,4,17-19,21-22,26-28,35H,2-3,5-16,23-24H2,(H,49,56)(H,50,55,57). The average molecular weight is 838 g/mol. The molecule has 312 valence electrons. The molecule has 60 heavy (non-hydrogen) atoms. The predicted octanol–water partition coefficient (Wildman–Crippen LogP) is 4.23. The van der Waals surface area contributed by atoms with Gasteiger partial charge in [-0.1, -0.05) is 11.6 Å². The molecule has 17 heteroatoms. The van der Waals surface area contributed by atoms with Gasteiger partial charge in [0, 0.05) is 56.2 Å². The Labute approximate surface area is 351 Å². The van der Waals surface area contributed by atoms with Crippen molar-refractivity contribution in [2.75, 3.05) is 49.1 Å². The van der Waals surface area contributed by atoms with Crippen LogP contribution in [0.5, 0.6) is 5.75 Å². The number of benzene rings is 2. The normalized spacial score (nSPS) is 24.5. The first kappa shape index (κ1) is 39.8. The number of aromatic nitrogens is 2. The summed E-state index contributed by atoms with van der Waals surface area (Å²) in [6, 6.07) is 8.95. The molecule has 9 rings (SSSR count). The highest BCUT2D eigenvalue weighted by atomic mass is 35.5. The summed E-state index contributed by atoms with van der Waals surface area (Å²) in [6.45, 7) is 4.93. The maximum absolute atomic E-state index is 15.5. The third kappa shape index (κ3) is 7.64. The summed E-state index contributed by atoms with van der Waals surface area (Å²) < 4.78 is 21.6. The van der Waals surface area contributed by atoms with E-state index in [9.17, 15) is 24.0 Å². The Kier molecular flexibility index (Phi) is 10.7. The molecule has 0 radical (unpaired) electrons. The minimum atomic E-state index is -1.10. The highest BCUT2D eigenvalue weighted by Crippen LogP contribution is 2.43. The van der Waals surface area contributed by atoms with Gasteiger partial charge in [0.1, 0.15) is 35.2 Å². The topological polar surface area (TPSA) is 181 Å². The van der Waals surface area contributed by atoms with Crippen molar-refractivity contribution in [3.63, 3.8) is 0 Å². The Morgan fingerprint density at radius 2 is 1.62 bits per heavy atom. The highest BCUT2D eigenvalue weighted by molar-refractivity contribution is 6.31. The van der Waals surface area contributed by atoms with Crippen molar-refractivity contribution in [3.8, 4) is 11.8 Å². The molecule has 2 aromatic carbocycles. The van der Waals surface area contributed by atoms with Crippen LogP contribution in [0.3, 0.4) is 0 Å². The van der Waals surface area contributed by atoms with E-state index in [2.05, 4.69) is 30.4 Å². The minimum Gasteiger partial charge on any atom is -0.490 e. The Bertz CT molecular complexity index is 2270. The number of halogens is 2. The lowest BCUT2D eigenvalue weighted by atomic mass is 9.71. The average Bonchev–Trinajstić information content (AvgIpc) is 3.47.